The molecule has 5 heteroatoms. The average Bonchev–Trinajstić information content (AvgIpc) is 2.81. The van der Waals surface area contributed by atoms with Crippen molar-refractivity contribution in [2.24, 2.45) is 5.92 Å². The third-order valence-corrected chi connectivity index (χ3v) is 2.10. The fraction of sp³-hybridized carbons (Fsp3) is 0.769. The Bertz CT molecular complexity index is 238. The first kappa shape index (κ1) is 19.0. The molecule has 0 aromatic heterocycles. The summed E-state index contributed by atoms with van der Waals surface area (Å²) in [7, 11) is 0. The number of ether oxygens (including phenoxy) is 2. The van der Waals surface area contributed by atoms with Crippen molar-refractivity contribution in [2.45, 2.75) is 47.0 Å². The fourth-order valence-corrected chi connectivity index (χ4v) is 1.34. The summed E-state index contributed by atoms with van der Waals surface area (Å²) in [4.78, 5) is 31.0. The average molecular weight is 260 g/mol. The smallest absolute Gasteiger partial charge is 0.309 e. The van der Waals surface area contributed by atoms with Crippen molar-refractivity contribution in [3.8, 4) is 0 Å². The number of esters is 1. The lowest BCUT2D eigenvalue weighted by atomic mass is 10.1. The fourth-order valence-electron chi connectivity index (χ4n) is 1.34. The predicted octanol–water partition coefficient (Wildman–Crippen LogP) is 2.12. The van der Waals surface area contributed by atoms with Crippen LogP contribution in [-0.2, 0) is 23.9 Å². The molecule has 5 nitrogen and oxygen atoms in total. The van der Waals surface area contributed by atoms with E-state index < -0.39 is 0 Å². The van der Waals surface area contributed by atoms with Crippen LogP contribution >= 0.6 is 0 Å². The third kappa shape index (κ3) is 9.81. The van der Waals surface area contributed by atoms with Gasteiger partial charge in [-0.15, -0.1) is 0 Å². The SMILES string of the molecule is CC.CCOC(=O)C1CCC(=O)C1.CCOC=O. The highest BCUT2D eigenvalue weighted by molar-refractivity contribution is 5.87. The normalized spacial score (nSPS) is 16.7. The second kappa shape index (κ2) is 13.7. The molecule has 1 rings (SSSR count). The van der Waals surface area contributed by atoms with Gasteiger partial charge < -0.3 is 9.47 Å². The molecule has 0 amide bonds. The minimum atomic E-state index is -0.210. The van der Waals surface area contributed by atoms with Crippen LogP contribution in [0.1, 0.15) is 47.0 Å². The quantitative estimate of drug-likeness (QED) is 0.572. The Morgan fingerprint density at radius 1 is 1.33 bits per heavy atom. The summed E-state index contributed by atoms with van der Waals surface area (Å²) in [6.45, 7) is 8.84. The van der Waals surface area contributed by atoms with E-state index in [1.165, 1.54) is 0 Å². The van der Waals surface area contributed by atoms with Crippen molar-refractivity contribution in [3.05, 3.63) is 0 Å². The number of Topliss-reactive ketones (excluding diaryl/α,β-unsaturated/α-hetero) is 1. The summed E-state index contributed by atoms with van der Waals surface area (Å²) in [6, 6.07) is 0. The zero-order valence-corrected chi connectivity index (χ0v) is 11.7. The summed E-state index contributed by atoms with van der Waals surface area (Å²) in [6.07, 6.45) is 1.61. The molecule has 1 atom stereocenters. The van der Waals surface area contributed by atoms with Crippen molar-refractivity contribution in [3.63, 3.8) is 0 Å². The Balaban J connectivity index is 0. The van der Waals surface area contributed by atoms with Gasteiger partial charge in [-0.3, -0.25) is 14.4 Å². The van der Waals surface area contributed by atoms with Crippen LogP contribution in [0.15, 0.2) is 0 Å². The lowest BCUT2D eigenvalue weighted by molar-refractivity contribution is -0.148. The molecule has 0 aromatic rings. The van der Waals surface area contributed by atoms with Crippen molar-refractivity contribution in [1.29, 1.82) is 0 Å². The number of carbonyl (C=O) groups excluding carboxylic acids is 3. The molecule has 18 heavy (non-hydrogen) atoms. The van der Waals surface area contributed by atoms with E-state index in [1.807, 2.05) is 13.8 Å². The van der Waals surface area contributed by atoms with Crippen LogP contribution in [0.2, 0.25) is 0 Å². The number of ketones is 1. The molecule has 1 aliphatic rings. The van der Waals surface area contributed by atoms with Gasteiger partial charge in [-0.2, -0.15) is 0 Å². The van der Waals surface area contributed by atoms with Gasteiger partial charge in [0.25, 0.3) is 6.47 Å². The third-order valence-electron chi connectivity index (χ3n) is 2.10. The van der Waals surface area contributed by atoms with E-state index in [0.29, 0.717) is 38.9 Å². The van der Waals surface area contributed by atoms with Crippen LogP contribution in [-0.4, -0.2) is 31.4 Å². The zero-order valence-electron chi connectivity index (χ0n) is 11.7. The highest BCUT2D eigenvalue weighted by Crippen LogP contribution is 2.22. The largest absolute Gasteiger partial charge is 0.468 e. The molecular weight excluding hydrogens is 236 g/mol. The highest BCUT2D eigenvalue weighted by atomic mass is 16.5. The van der Waals surface area contributed by atoms with E-state index >= 15 is 0 Å². The zero-order chi connectivity index (χ0) is 14.4. The minimum absolute atomic E-state index is 0.151. The number of rotatable bonds is 4. The lowest BCUT2D eigenvalue weighted by Gasteiger charge is -2.05. The Kier molecular flexibility index (Phi) is 14.4. The molecule has 1 saturated carbocycles. The van der Waals surface area contributed by atoms with Gasteiger partial charge in [-0.1, -0.05) is 13.8 Å². The Morgan fingerprint density at radius 3 is 2.22 bits per heavy atom. The van der Waals surface area contributed by atoms with Crippen LogP contribution in [0, 0.1) is 5.92 Å². The Labute approximate surface area is 109 Å². The topological polar surface area (TPSA) is 69.7 Å². The first-order valence-electron chi connectivity index (χ1n) is 6.39. The van der Waals surface area contributed by atoms with Crippen LogP contribution in [0.25, 0.3) is 0 Å². The summed E-state index contributed by atoms with van der Waals surface area (Å²) in [5.41, 5.74) is 0. The molecular formula is C13H24O5. The van der Waals surface area contributed by atoms with Crippen molar-refractivity contribution in [1.82, 2.24) is 0 Å². The molecule has 0 radical (unpaired) electrons. The van der Waals surface area contributed by atoms with E-state index in [2.05, 4.69) is 4.74 Å². The Hall–Kier alpha value is -1.39. The van der Waals surface area contributed by atoms with Gasteiger partial charge in [-0.25, -0.2) is 0 Å². The molecule has 0 saturated heterocycles. The van der Waals surface area contributed by atoms with Gasteiger partial charge in [0.05, 0.1) is 19.1 Å². The van der Waals surface area contributed by atoms with Gasteiger partial charge in [-0.05, 0) is 20.3 Å². The molecule has 1 fully saturated rings. The summed E-state index contributed by atoms with van der Waals surface area (Å²) < 4.78 is 8.94. The minimum Gasteiger partial charge on any atom is -0.468 e. The molecule has 0 spiro atoms. The first-order chi connectivity index (χ1) is 8.65. The first-order valence-corrected chi connectivity index (χ1v) is 6.39. The maximum Gasteiger partial charge on any atom is 0.309 e. The molecule has 0 aromatic carbocycles. The number of hydrogen-bond donors (Lipinski definition) is 0. The van der Waals surface area contributed by atoms with E-state index in [4.69, 9.17) is 4.74 Å². The van der Waals surface area contributed by atoms with Crippen molar-refractivity contribution in [2.75, 3.05) is 13.2 Å². The highest BCUT2D eigenvalue weighted by Gasteiger charge is 2.28. The van der Waals surface area contributed by atoms with Gasteiger partial charge in [0.1, 0.15) is 5.78 Å². The van der Waals surface area contributed by atoms with Crippen LogP contribution in [0.5, 0.6) is 0 Å². The number of hydrogen-bond acceptors (Lipinski definition) is 5. The van der Waals surface area contributed by atoms with Crippen LogP contribution < -0.4 is 0 Å². The van der Waals surface area contributed by atoms with E-state index in [0.717, 1.165) is 0 Å². The van der Waals surface area contributed by atoms with Crippen LogP contribution in [0.4, 0.5) is 0 Å². The van der Waals surface area contributed by atoms with Gasteiger partial charge in [0, 0.05) is 12.8 Å². The maximum absolute atomic E-state index is 11.0. The second-order valence-electron chi connectivity index (χ2n) is 3.28. The molecule has 1 aliphatic carbocycles. The molecule has 0 bridgehead atoms. The summed E-state index contributed by atoms with van der Waals surface area (Å²) in [5, 5.41) is 0. The molecule has 0 heterocycles. The second-order valence-corrected chi connectivity index (χ2v) is 3.28. The monoisotopic (exact) mass is 260 g/mol. The standard InChI is InChI=1S/C8H12O3.C3H6O2.C2H6/c1-2-11-8(10)6-3-4-7(9)5-6;1-2-5-3-4;1-2/h6H,2-5H2,1H3;3H,2H2,1H3;1-2H3. The molecule has 0 N–H and O–H groups in total. The van der Waals surface area contributed by atoms with Crippen molar-refractivity contribution >= 4 is 18.2 Å². The van der Waals surface area contributed by atoms with E-state index in [9.17, 15) is 14.4 Å². The maximum atomic E-state index is 11.0. The van der Waals surface area contributed by atoms with Gasteiger partial charge >= 0.3 is 5.97 Å². The van der Waals surface area contributed by atoms with Gasteiger partial charge in [0.15, 0.2) is 0 Å². The van der Waals surface area contributed by atoms with E-state index in [1.54, 1.807) is 13.8 Å². The predicted molar refractivity (Wildman–Crippen MR) is 68.0 cm³/mol. The Morgan fingerprint density at radius 2 is 1.94 bits per heavy atom. The molecule has 0 aliphatic heterocycles. The molecule has 106 valence electrons. The lowest BCUT2D eigenvalue weighted by Crippen LogP contribution is -2.14. The van der Waals surface area contributed by atoms with Crippen molar-refractivity contribution < 1.29 is 23.9 Å². The summed E-state index contributed by atoms with van der Waals surface area (Å²) >= 11 is 0. The summed E-state index contributed by atoms with van der Waals surface area (Å²) in [5.74, 6) is -0.177. The molecule has 1 unspecified atom stereocenters. The van der Waals surface area contributed by atoms with Gasteiger partial charge in [0.2, 0.25) is 0 Å². The number of carbonyl (C=O) groups is 3. The van der Waals surface area contributed by atoms with Crippen LogP contribution in [0.3, 0.4) is 0 Å². The van der Waals surface area contributed by atoms with E-state index in [-0.39, 0.29) is 17.7 Å².